The fourth-order valence-corrected chi connectivity index (χ4v) is 2.35. The number of aromatic nitrogens is 2. The Balaban J connectivity index is 2.09. The predicted octanol–water partition coefficient (Wildman–Crippen LogP) is 2.13. The van der Waals surface area contributed by atoms with E-state index in [4.69, 9.17) is 0 Å². The van der Waals surface area contributed by atoms with Crippen molar-refractivity contribution < 1.29 is 9.90 Å². The number of amides is 1. The Hall–Kier alpha value is -1.66. The molecule has 5 nitrogen and oxygen atoms in total. The zero-order valence-electron chi connectivity index (χ0n) is 11.7. The van der Waals surface area contributed by atoms with Crippen LogP contribution in [-0.4, -0.2) is 27.4 Å². The summed E-state index contributed by atoms with van der Waals surface area (Å²) in [6, 6.07) is 9.27. The topological polar surface area (TPSA) is 67.2 Å². The van der Waals surface area contributed by atoms with Gasteiger partial charge in [0.05, 0.1) is 6.04 Å². The number of rotatable bonds is 6. The van der Waals surface area contributed by atoms with E-state index in [1.807, 2.05) is 31.2 Å². The van der Waals surface area contributed by atoms with E-state index in [0.717, 1.165) is 10.0 Å². The van der Waals surface area contributed by atoms with Gasteiger partial charge in [0.15, 0.2) is 0 Å². The predicted molar refractivity (Wildman–Crippen MR) is 83.5 cm³/mol. The second-order valence-electron chi connectivity index (χ2n) is 4.96. The highest BCUT2D eigenvalue weighted by Crippen LogP contribution is 2.23. The summed E-state index contributed by atoms with van der Waals surface area (Å²) in [7, 11) is 0. The number of benzene rings is 1. The molecule has 0 unspecified atom stereocenters. The van der Waals surface area contributed by atoms with Gasteiger partial charge in [-0.15, -0.1) is 0 Å². The van der Waals surface area contributed by atoms with E-state index in [0.29, 0.717) is 0 Å². The Labute approximate surface area is 132 Å². The first-order valence-corrected chi connectivity index (χ1v) is 7.52. The van der Waals surface area contributed by atoms with Crippen molar-refractivity contribution >= 4 is 21.8 Å². The molecular weight excluding hydrogens is 334 g/mol. The lowest BCUT2D eigenvalue weighted by molar-refractivity contribution is -0.123. The Morgan fingerprint density at radius 1 is 1.43 bits per heavy atom. The van der Waals surface area contributed by atoms with Crippen molar-refractivity contribution in [1.29, 1.82) is 0 Å². The van der Waals surface area contributed by atoms with Gasteiger partial charge >= 0.3 is 0 Å². The van der Waals surface area contributed by atoms with Gasteiger partial charge in [0.2, 0.25) is 5.91 Å². The summed E-state index contributed by atoms with van der Waals surface area (Å²) in [6.07, 6.45) is 3.37. The molecule has 1 heterocycles. The van der Waals surface area contributed by atoms with Crippen molar-refractivity contribution in [3.63, 3.8) is 0 Å². The van der Waals surface area contributed by atoms with Crippen LogP contribution in [0.15, 0.2) is 47.2 Å². The number of nitrogens with one attached hydrogen (secondary N) is 1. The third-order valence-corrected chi connectivity index (χ3v) is 3.80. The molecule has 6 heteroatoms. The molecule has 2 N–H and O–H groups in total. The number of hydrogen-bond donors (Lipinski definition) is 2. The minimum absolute atomic E-state index is 0.00276. The molecule has 2 atom stereocenters. The van der Waals surface area contributed by atoms with Crippen molar-refractivity contribution in [3.8, 4) is 0 Å². The highest BCUT2D eigenvalue weighted by Gasteiger charge is 2.21. The summed E-state index contributed by atoms with van der Waals surface area (Å²) in [5, 5.41) is 16.4. The molecule has 0 fully saturated rings. The van der Waals surface area contributed by atoms with Crippen LogP contribution in [0, 0.1) is 5.92 Å². The molecule has 2 aromatic rings. The molecule has 0 aliphatic carbocycles. The van der Waals surface area contributed by atoms with Gasteiger partial charge in [0.25, 0.3) is 0 Å². The Morgan fingerprint density at radius 2 is 2.14 bits per heavy atom. The van der Waals surface area contributed by atoms with Crippen molar-refractivity contribution in [2.75, 3.05) is 6.61 Å². The Bertz CT molecular complexity index is 569. The molecular formula is C15H18BrN3O2. The third kappa shape index (κ3) is 4.41. The average molecular weight is 352 g/mol. The van der Waals surface area contributed by atoms with Gasteiger partial charge in [-0.05, 0) is 23.8 Å². The van der Waals surface area contributed by atoms with E-state index in [1.54, 1.807) is 23.1 Å². The van der Waals surface area contributed by atoms with Crippen LogP contribution < -0.4 is 5.32 Å². The zero-order chi connectivity index (χ0) is 15.2. The summed E-state index contributed by atoms with van der Waals surface area (Å²) in [6.45, 7) is 2.07. The number of carbonyl (C=O) groups excluding carboxylic acids is 1. The highest BCUT2D eigenvalue weighted by molar-refractivity contribution is 9.10. The molecule has 0 aliphatic rings. The first-order chi connectivity index (χ1) is 10.1. The van der Waals surface area contributed by atoms with Crippen LogP contribution in [0.3, 0.4) is 0 Å². The molecule has 0 saturated carbocycles. The minimum atomic E-state index is -0.230. The number of carbonyl (C=O) groups is 1. The van der Waals surface area contributed by atoms with Gasteiger partial charge in [-0.1, -0.05) is 35.0 Å². The molecule has 1 aromatic heterocycles. The van der Waals surface area contributed by atoms with Gasteiger partial charge in [-0.3, -0.25) is 9.48 Å². The lowest BCUT2D eigenvalue weighted by Crippen LogP contribution is -2.36. The van der Waals surface area contributed by atoms with E-state index < -0.39 is 0 Å². The number of nitrogens with zero attached hydrogens (tertiary/aromatic N) is 2. The largest absolute Gasteiger partial charge is 0.396 e. The summed E-state index contributed by atoms with van der Waals surface area (Å²) >= 11 is 3.39. The van der Waals surface area contributed by atoms with Gasteiger partial charge in [-0.25, -0.2) is 0 Å². The van der Waals surface area contributed by atoms with Gasteiger partial charge < -0.3 is 10.4 Å². The molecule has 0 saturated heterocycles. The SMILES string of the molecule is C[C@@H](CO)[C@H](NC(=O)Cn1cccn1)c1ccc(Br)cc1. The Kier molecular flexibility index (Phi) is 5.52. The van der Waals surface area contributed by atoms with E-state index in [1.165, 1.54) is 0 Å². The van der Waals surface area contributed by atoms with Crippen LogP contribution in [0.1, 0.15) is 18.5 Å². The van der Waals surface area contributed by atoms with E-state index in [-0.39, 0.29) is 31.0 Å². The third-order valence-electron chi connectivity index (χ3n) is 3.27. The molecule has 112 valence electrons. The molecule has 21 heavy (non-hydrogen) atoms. The number of halogens is 1. The minimum Gasteiger partial charge on any atom is -0.396 e. The van der Waals surface area contributed by atoms with Crippen LogP contribution in [0.5, 0.6) is 0 Å². The smallest absolute Gasteiger partial charge is 0.242 e. The molecule has 1 amide bonds. The maximum atomic E-state index is 12.1. The Morgan fingerprint density at radius 3 is 2.71 bits per heavy atom. The maximum Gasteiger partial charge on any atom is 0.242 e. The lowest BCUT2D eigenvalue weighted by atomic mass is 9.95. The molecule has 1 aromatic carbocycles. The summed E-state index contributed by atoms with van der Waals surface area (Å²) < 4.78 is 2.54. The maximum absolute atomic E-state index is 12.1. The summed E-state index contributed by atoms with van der Waals surface area (Å²) in [5.74, 6) is -0.209. The van der Waals surface area contributed by atoms with Crippen molar-refractivity contribution in [3.05, 3.63) is 52.8 Å². The second kappa shape index (κ2) is 7.38. The quantitative estimate of drug-likeness (QED) is 0.837. The van der Waals surface area contributed by atoms with Crippen LogP contribution in [0.25, 0.3) is 0 Å². The second-order valence-corrected chi connectivity index (χ2v) is 5.88. The highest BCUT2D eigenvalue weighted by atomic mass is 79.9. The first-order valence-electron chi connectivity index (χ1n) is 6.73. The van der Waals surface area contributed by atoms with Gasteiger partial charge in [0.1, 0.15) is 6.54 Å². The zero-order valence-corrected chi connectivity index (χ0v) is 13.3. The number of aliphatic hydroxyl groups excluding tert-OH is 1. The van der Waals surface area contributed by atoms with Crippen molar-refractivity contribution in [1.82, 2.24) is 15.1 Å². The average Bonchev–Trinajstić information content (AvgIpc) is 2.98. The van der Waals surface area contributed by atoms with E-state index in [2.05, 4.69) is 26.3 Å². The van der Waals surface area contributed by atoms with Crippen LogP contribution in [-0.2, 0) is 11.3 Å². The molecule has 2 rings (SSSR count). The molecule has 0 bridgehead atoms. The number of aliphatic hydroxyl groups is 1. The molecule has 0 aliphatic heterocycles. The van der Waals surface area contributed by atoms with Crippen molar-refractivity contribution in [2.24, 2.45) is 5.92 Å². The monoisotopic (exact) mass is 351 g/mol. The van der Waals surface area contributed by atoms with Crippen molar-refractivity contribution in [2.45, 2.75) is 19.5 Å². The lowest BCUT2D eigenvalue weighted by Gasteiger charge is -2.24. The summed E-state index contributed by atoms with van der Waals surface area (Å²) in [4.78, 5) is 12.1. The summed E-state index contributed by atoms with van der Waals surface area (Å²) in [5.41, 5.74) is 0.966. The van der Waals surface area contributed by atoms with Crippen LogP contribution in [0.4, 0.5) is 0 Å². The molecule has 0 spiro atoms. The van der Waals surface area contributed by atoms with Crippen LogP contribution in [0.2, 0.25) is 0 Å². The van der Waals surface area contributed by atoms with Gasteiger partial charge in [0, 0.05) is 29.4 Å². The van der Waals surface area contributed by atoms with E-state index >= 15 is 0 Å². The fourth-order valence-electron chi connectivity index (χ4n) is 2.09. The van der Waals surface area contributed by atoms with E-state index in [9.17, 15) is 9.90 Å². The standard InChI is InChI=1S/C15H18BrN3O2/c1-11(10-20)15(12-3-5-13(16)6-4-12)18-14(21)9-19-8-2-7-17-19/h2-8,11,15,20H,9-10H2,1H3,(H,18,21)/t11-,15-/m0/s1. The number of hydrogen-bond acceptors (Lipinski definition) is 3. The molecule has 0 radical (unpaired) electrons. The van der Waals surface area contributed by atoms with Crippen LogP contribution >= 0.6 is 15.9 Å². The first kappa shape index (κ1) is 15.7. The van der Waals surface area contributed by atoms with Gasteiger partial charge in [-0.2, -0.15) is 5.10 Å². The fraction of sp³-hybridized carbons (Fsp3) is 0.333. The normalized spacial score (nSPS) is 13.7.